The van der Waals surface area contributed by atoms with Gasteiger partial charge in [-0.2, -0.15) is 15.2 Å². The van der Waals surface area contributed by atoms with Crippen molar-refractivity contribution in [2.24, 2.45) is 5.92 Å². The summed E-state index contributed by atoms with van der Waals surface area (Å²) in [5.74, 6) is -0.583. The molecule has 3 heterocycles. The minimum absolute atomic E-state index is 0.0493. The van der Waals surface area contributed by atoms with Crippen LogP contribution in [0, 0.1) is 11.7 Å². The number of hydrogen-bond acceptors (Lipinski definition) is 6. The van der Waals surface area contributed by atoms with Crippen LogP contribution in [0.25, 0.3) is 16.8 Å². The first-order chi connectivity index (χ1) is 16.0. The molecule has 10 heteroatoms. The number of hydrogen-bond donors (Lipinski definition) is 1. The van der Waals surface area contributed by atoms with E-state index in [1.165, 1.54) is 24.5 Å². The summed E-state index contributed by atoms with van der Waals surface area (Å²) in [6.07, 6.45) is 4.75. The van der Waals surface area contributed by atoms with Crippen molar-refractivity contribution >= 4 is 34.6 Å². The number of oxazole rings is 1. The van der Waals surface area contributed by atoms with Gasteiger partial charge in [0.2, 0.25) is 0 Å². The lowest BCUT2D eigenvalue weighted by Crippen LogP contribution is -2.51. The maximum atomic E-state index is 14.7. The van der Waals surface area contributed by atoms with Gasteiger partial charge in [0.1, 0.15) is 11.2 Å². The van der Waals surface area contributed by atoms with Gasteiger partial charge in [0, 0.05) is 24.2 Å². The second kappa shape index (κ2) is 8.82. The van der Waals surface area contributed by atoms with Gasteiger partial charge in [-0.25, -0.2) is 4.39 Å². The Morgan fingerprint density at radius 2 is 2.09 bits per heavy atom. The Kier molecular flexibility index (Phi) is 5.72. The van der Waals surface area contributed by atoms with Crippen LogP contribution in [0.3, 0.4) is 0 Å². The molecule has 5 rings (SSSR count). The first kappa shape index (κ1) is 21.4. The fourth-order valence-electron chi connectivity index (χ4n) is 4.36. The van der Waals surface area contributed by atoms with Crippen LogP contribution < -0.4 is 5.32 Å². The van der Waals surface area contributed by atoms with E-state index in [1.807, 2.05) is 0 Å². The number of nitrogens with one attached hydrogen (secondary N) is 1. The number of amides is 1. The van der Waals surface area contributed by atoms with E-state index in [9.17, 15) is 9.18 Å². The van der Waals surface area contributed by atoms with Gasteiger partial charge in [0.15, 0.2) is 11.4 Å². The van der Waals surface area contributed by atoms with E-state index >= 15 is 0 Å². The van der Waals surface area contributed by atoms with Crippen molar-refractivity contribution in [1.29, 1.82) is 0 Å². The Balaban J connectivity index is 1.41. The summed E-state index contributed by atoms with van der Waals surface area (Å²) in [5.41, 5.74) is 1.56. The maximum absolute atomic E-state index is 14.7. The fourth-order valence-corrected chi connectivity index (χ4v) is 4.52. The van der Waals surface area contributed by atoms with Crippen molar-refractivity contribution in [2.75, 3.05) is 18.4 Å². The number of para-hydroxylation sites is 1. The van der Waals surface area contributed by atoms with Gasteiger partial charge >= 0.3 is 0 Å². The molecule has 1 aliphatic heterocycles. The van der Waals surface area contributed by atoms with Gasteiger partial charge in [-0.1, -0.05) is 24.6 Å². The van der Waals surface area contributed by atoms with Crippen molar-refractivity contribution < 1.29 is 13.6 Å². The Morgan fingerprint density at radius 3 is 2.91 bits per heavy atom. The van der Waals surface area contributed by atoms with Crippen LogP contribution in [0.15, 0.2) is 53.2 Å². The third kappa shape index (κ3) is 4.16. The summed E-state index contributed by atoms with van der Waals surface area (Å²) >= 11 is 6.03. The van der Waals surface area contributed by atoms with E-state index in [-0.39, 0.29) is 29.1 Å². The Bertz CT molecular complexity index is 1290. The number of aromatic nitrogens is 4. The van der Waals surface area contributed by atoms with Crippen LogP contribution in [0.1, 0.15) is 30.1 Å². The van der Waals surface area contributed by atoms with Crippen molar-refractivity contribution in [1.82, 2.24) is 24.9 Å². The van der Waals surface area contributed by atoms with Crippen molar-refractivity contribution in [3.8, 4) is 5.69 Å². The fraction of sp³-hybridized carbons (Fsp3) is 0.304. The summed E-state index contributed by atoms with van der Waals surface area (Å²) in [6, 6.07) is 9.93. The molecular formula is C23H22ClFN6O2. The lowest BCUT2D eigenvalue weighted by Gasteiger charge is -2.40. The van der Waals surface area contributed by atoms with Gasteiger partial charge in [-0.15, -0.1) is 4.80 Å². The quantitative estimate of drug-likeness (QED) is 0.462. The zero-order valence-electron chi connectivity index (χ0n) is 17.9. The molecule has 0 radical (unpaired) electrons. The number of carbonyl (C=O) groups excluding carboxylic acids is 1. The molecule has 170 valence electrons. The lowest BCUT2D eigenvalue weighted by atomic mass is 9.90. The number of piperidine rings is 1. The van der Waals surface area contributed by atoms with E-state index in [2.05, 4.69) is 27.4 Å². The van der Waals surface area contributed by atoms with Gasteiger partial charge < -0.3 is 14.6 Å². The molecule has 0 unspecified atom stereocenters. The SMILES string of the molecule is C[C@@H]1CCCN(C(=O)c2cccc(F)c2-n2nccn2)[C@@H]1CNc1nc2ccc(Cl)cc2o1. The highest BCUT2D eigenvalue weighted by Crippen LogP contribution is 2.28. The molecule has 0 aliphatic carbocycles. The first-order valence-corrected chi connectivity index (χ1v) is 11.1. The van der Waals surface area contributed by atoms with E-state index in [0.29, 0.717) is 35.2 Å². The normalized spacial score (nSPS) is 18.6. The monoisotopic (exact) mass is 468 g/mol. The summed E-state index contributed by atoms with van der Waals surface area (Å²) in [6.45, 7) is 3.12. The standard InChI is InChI=1S/C23H22ClFN6O2/c1-14-4-3-11-30(19(14)13-26-23-29-18-8-7-15(24)12-20(18)33-23)22(32)16-5-2-6-17(25)21(16)31-27-9-10-28-31/h2,5-10,12,14,19H,3-4,11,13H2,1H3,(H,26,29)/t14-,19-/m1/s1. The molecule has 2 aromatic heterocycles. The number of benzene rings is 2. The topological polar surface area (TPSA) is 89.1 Å². The Morgan fingerprint density at radius 1 is 1.27 bits per heavy atom. The largest absolute Gasteiger partial charge is 0.424 e. The first-order valence-electron chi connectivity index (χ1n) is 10.8. The highest BCUT2D eigenvalue weighted by molar-refractivity contribution is 6.31. The van der Waals surface area contributed by atoms with Crippen LogP contribution >= 0.6 is 11.6 Å². The van der Waals surface area contributed by atoms with Crippen LogP contribution in [-0.2, 0) is 0 Å². The van der Waals surface area contributed by atoms with Crippen LogP contribution in [0.5, 0.6) is 0 Å². The smallest absolute Gasteiger partial charge is 0.295 e. The van der Waals surface area contributed by atoms with E-state index in [1.54, 1.807) is 29.2 Å². The average Bonchev–Trinajstić information content (AvgIpc) is 3.47. The molecule has 0 bridgehead atoms. The second-order valence-electron chi connectivity index (χ2n) is 8.15. The third-order valence-electron chi connectivity index (χ3n) is 6.03. The molecule has 1 fully saturated rings. The predicted molar refractivity (Wildman–Crippen MR) is 122 cm³/mol. The molecule has 0 saturated carbocycles. The van der Waals surface area contributed by atoms with Gasteiger partial charge in [0.05, 0.1) is 24.0 Å². The van der Waals surface area contributed by atoms with Crippen molar-refractivity contribution in [2.45, 2.75) is 25.8 Å². The van der Waals surface area contributed by atoms with Crippen molar-refractivity contribution in [3.63, 3.8) is 0 Å². The zero-order valence-corrected chi connectivity index (χ0v) is 18.7. The number of rotatable bonds is 5. The molecule has 1 N–H and O–H groups in total. The second-order valence-corrected chi connectivity index (χ2v) is 8.59. The Hall–Kier alpha value is -3.46. The molecule has 1 aliphatic rings. The van der Waals surface area contributed by atoms with E-state index < -0.39 is 5.82 Å². The molecule has 0 spiro atoms. The molecular weight excluding hydrogens is 447 g/mol. The minimum atomic E-state index is -0.554. The number of anilines is 1. The third-order valence-corrected chi connectivity index (χ3v) is 6.26. The van der Waals surface area contributed by atoms with Crippen molar-refractivity contribution in [3.05, 3.63) is 65.2 Å². The Labute approximate surface area is 194 Å². The lowest BCUT2D eigenvalue weighted by molar-refractivity contribution is 0.0538. The average molecular weight is 469 g/mol. The summed E-state index contributed by atoms with van der Waals surface area (Å²) in [4.78, 5) is 21.0. The maximum Gasteiger partial charge on any atom is 0.295 e. The summed E-state index contributed by atoms with van der Waals surface area (Å²) in [5, 5.41) is 11.8. The highest BCUT2D eigenvalue weighted by atomic mass is 35.5. The molecule has 33 heavy (non-hydrogen) atoms. The number of likely N-dealkylation sites (tertiary alicyclic amines) is 1. The molecule has 4 aromatic rings. The number of nitrogens with zero attached hydrogens (tertiary/aromatic N) is 5. The predicted octanol–water partition coefficient (Wildman–Crippen LogP) is 4.55. The minimum Gasteiger partial charge on any atom is -0.424 e. The molecule has 1 saturated heterocycles. The molecule has 8 nitrogen and oxygen atoms in total. The van der Waals surface area contributed by atoms with E-state index in [4.69, 9.17) is 16.0 Å². The van der Waals surface area contributed by atoms with Gasteiger partial charge in [0.25, 0.3) is 11.9 Å². The number of fused-ring (bicyclic) bond motifs is 1. The number of halogens is 2. The van der Waals surface area contributed by atoms with Crippen LogP contribution in [0.4, 0.5) is 10.4 Å². The van der Waals surface area contributed by atoms with Gasteiger partial charge in [-0.05, 0) is 43.0 Å². The van der Waals surface area contributed by atoms with E-state index in [0.717, 1.165) is 17.6 Å². The van der Waals surface area contributed by atoms with Gasteiger partial charge in [-0.3, -0.25) is 4.79 Å². The van der Waals surface area contributed by atoms with Crippen LogP contribution in [-0.4, -0.2) is 49.9 Å². The zero-order chi connectivity index (χ0) is 22.9. The summed E-state index contributed by atoms with van der Waals surface area (Å²) < 4.78 is 20.5. The number of carbonyl (C=O) groups is 1. The molecule has 2 aromatic carbocycles. The molecule has 2 atom stereocenters. The summed E-state index contributed by atoms with van der Waals surface area (Å²) in [7, 11) is 0. The van der Waals surface area contributed by atoms with Crippen LogP contribution in [0.2, 0.25) is 5.02 Å². The highest BCUT2D eigenvalue weighted by Gasteiger charge is 2.34. The molecule has 1 amide bonds.